The largest absolute Gasteiger partial charge is 0.460 e. The highest BCUT2D eigenvalue weighted by Gasteiger charge is 2.37. The average Bonchev–Trinajstić information content (AvgIpc) is 2.75. The molecule has 0 fully saturated rings. The molecule has 1 unspecified atom stereocenters. The monoisotopic (exact) mass is 467 g/mol. The van der Waals surface area contributed by atoms with Gasteiger partial charge in [0.25, 0.3) is 0 Å². The van der Waals surface area contributed by atoms with Crippen LogP contribution in [0.15, 0.2) is 48.5 Å². The van der Waals surface area contributed by atoms with E-state index in [0.29, 0.717) is 12.2 Å². The summed E-state index contributed by atoms with van der Waals surface area (Å²) in [6.07, 6.45) is 0.672. The molecule has 0 saturated heterocycles. The van der Waals surface area contributed by atoms with Crippen LogP contribution in [0.2, 0.25) is 0 Å². The van der Waals surface area contributed by atoms with Gasteiger partial charge in [0.05, 0.1) is 5.41 Å². The Balaban J connectivity index is 2.59. The minimum absolute atomic E-state index is 0.108. The summed E-state index contributed by atoms with van der Waals surface area (Å²) in [7, 11) is 0. The zero-order chi connectivity index (χ0) is 25.7. The van der Waals surface area contributed by atoms with Crippen LogP contribution in [-0.4, -0.2) is 17.5 Å². The number of carbonyl (C=O) groups is 2. The molecule has 1 atom stereocenters. The van der Waals surface area contributed by atoms with Gasteiger partial charge in [-0.05, 0) is 62.3 Å². The fourth-order valence-corrected chi connectivity index (χ4v) is 4.16. The van der Waals surface area contributed by atoms with Gasteiger partial charge in [0.2, 0.25) is 0 Å². The standard InChI is InChI=1S/C29H41NO4/c1-19(2)29(30,20(3)4)17-25(23-12-10-9-11-13-23)24-16-22(14-15-26(24)34-21(5)31)18-33-27(32)28(6,7)8/h9-16,19-20,25H,17-18,30H2,1-8H3. The smallest absolute Gasteiger partial charge is 0.311 e. The molecule has 2 aromatic carbocycles. The summed E-state index contributed by atoms with van der Waals surface area (Å²) >= 11 is 0. The molecule has 2 N–H and O–H groups in total. The Morgan fingerprint density at radius 3 is 2.03 bits per heavy atom. The topological polar surface area (TPSA) is 78.6 Å². The van der Waals surface area contributed by atoms with Gasteiger partial charge >= 0.3 is 11.9 Å². The fourth-order valence-electron chi connectivity index (χ4n) is 4.16. The van der Waals surface area contributed by atoms with Gasteiger partial charge in [0.15, 0.2) is 0 Å². The fraction of sp³-hybridized carbons (Fsp3) is 0.517. The summed E-state index contributed by atoms with van der Waals surface area (Å²) in [5, 5.41) is 0. The van der Waals surface area contributed by atoms with Crippen LogP contribution in [0, 0.1) is 17.3 Å². The molecule has 0 heterocycles. The summed E-state index contributed by atoms with van der Waals surface area (Å²) in [4.78, 5) is 24.2. The molecule has 0 aromatic heterocycles. The lowest BCUT2D eigenvalue weighted by Gasteiger charge is -2.41. The zero-order valence-corrected chi connectivity index (χ0v) is 22.0. The van der Waals surface area contributed by atoms with E-state index >= 15 is 0 Å². The van der Waals surface area contributed by atoms with Crippen molar-refractivity contribution in [2.24, 2.45) is 23.0 Å². The van der Waals surface area contributed by atoms with Crippen molar-refractivity contribution < 1.29 is 19.1 Å². The van der Waals surface area contributed by atoms with E-state index in [1.807, 2.05) is 51.1 Å². The van der Waals surface area contributed by atoms with E-state index in [1.165, 1.54) is 6.92 Å². The molecule has 186 valence electrons. The molecule has 0 aliphatic rings. The molecule has 0 bridgehead atoms. The molecular weight excluding hydrogens is 426 g/mol. The van der Waals surface area contributed by atoms with Gasteiger partial charge in [-0.15, -0.1) is 0 Å². The van der Waals surface area contributed by atoms with Crippen molar-refractivity contribution in [1.82, 2.24) is 0 Å². The Morgan fingerprint density at radius 1 is 0.941 bits per heavy atom. The predicted molar refractivity (Wildman–Crippen MR) is 136 cm³/mol. The Hall–Kier alpha value is -2.66. The Labute approximate surface area is 205 Å². The first-order chi connectivity index (χ1) is 15.8. The van der Waals surface area contributed by atoms with Gasteiger partial charge < -0.3 is 15.2 Å². The number of nitrogens with two attached hydrogens (primary N) is 1. The van der Waals surface area contributed by atoms with Crippen LogP contribution in [0.1, 0.15) is 84.4 Å². The lowest BCUT2D eigenvalue weighted by atomic mass is 9.69. The highest BCUT2D eigenvalue weighted by molar-refractivity contribution is 5.75. The highest BCUT2D eigenvalue weighted by atomic mass is 16.5. The van der Waals surface area contributed by atoms with Crippen LogP contribution in [-0.2, 0) is 20.9 Å². The highest BCUT2D eigenvalue weighted by Crippen LogP contribution is 2.42. The van der Waals surface area contributed by atoms with Crippen LogP contribution < -0.4 is 10.5 Å². The minimum Gasteiger partial charge on any atom is -0.460 e. The molecule has 34 heavy (non-hydrogen) atoms. The number of hydrogen-bond donors (Lipinski definition) is 1. The Morgan fingerprint density at radius 2 is 1.53 bits per heavy atom. The van der Waals surface area contributed by atoms with E-state index < -0.39 is 11.0 Å². The first-order valence-electron chi connectivity index (χ1n) is 12.1. The van der Waals surface area contributed by atoms with Crippen molar-refractivity contribution in [2.75, 3.05) is 0 Å². The van der Waals surface area contributed by atoms with Gasteiger partial charge in [-0.2, -0.15) is 0 Å². The number of carbonyl (C=O) groups excluding carboxylic acids is 2. The predicted octanol–water partition coefficient (Wildman–Crippen LogP) is 6.23. The number of hydrogen-bond acceptors (Lipinski definition) is 5. The van der Waals surface area contributed by atoms with E-state index in [1.54, 1.807) is 6.07 Å². The zero-order valence-electron chi connectivity index (χ0n) is 22.0. The van der Waals surface area contributed by atoms with Crippen molar-refractivity contribution in [3.63, 3.8) is 0 Å². The van der Waals surface area contributed by atoms with Crippen LogP contribution in [0.5, 0.6) is 5.75 Å². The number of benzene rings is 2. The molecule has 2 aromatic rings. The Bertz CT molecular complexity index is 965. The van der Waals surface area contributed by atoms with Crippen molar-refractivity contribution in [1.29, 1.82) is 0 Å². The second kappa shape index (κ2) is 11.2. The van der Waals surface area contributed by atoms with Crippen LogP contribution >= 0.6 is 0 Å². The molecule has 5 nitrogen and oxygen atoms in total. The van der Waals surface area contributed by atoms with Gasteiger partial charge in [-0.1, -0.05) is 64.1 Å². The Kier molecular flexibility index (Phi) is 9.07. The van der Waals surface area contributed by atoms with Crippen molar-refractivity contribution in [2.45, 2.75) is 79.9 Å². The molecular formula is C29H41NO4. The first-order valence-corrected chi connectivity index (χ1v) is 12.1. The third-order valence-electron chi connectivity index (χ3n) is 6.60. The maximum atomic E-state index is 12.3. The molecule has 0 aliphatic carbocycles. The van der Waals surface area contributed by atoms with Crippen LogP contribution in [0.25, 0.3) is 0 Å². The van der Waals surface area contributed by atoms with E-state index in [2.05, 4.69) is 39.8 Å². The molecule has 0 spiro atoms. The van der Waals surface area contributed by atoms with Gasteiger partial charge in [-0.3, -0.25) is 9.59 Å². The second-order valence-electron chi connectivity index (χ2n) is 10.9. The van der Waals surface area contributed by atoms with Gasteiger partial charge in [0, 0.05) is 23.9 Å². The van der Waals surface area contributed by atoms with Gasteiger partial charge in [-0.25, -0.2) is 0 Å². The number of rotatable bonds is 9. The number of esters is 2. The van der Waals surface area contributed by atoms with Crippen molar-refractivity contribution >= 4 is 11.9 Å². The summed E-state index contributed by atoms with van der Waals surface area (Å²) in [6, 6.07) is 15.8. The molecule has 2 rings (SSSR count). The maximum Gasteiger partial charge on any atom is 0.311 e. The maximum absolute atomic E-state index is 12.3. The lowest BCUT2D eigenvalue weighted by molar-refractivity contribution is -0.154. The SMILES string of the molecule is CC(=O)Oc1ccc(COC(=O)C(C)(C)C)cc1C(CC(N)(C(C)C)C(C)C)c1ccccc1. The second-order valence-corrected chi connectivity index (χ2v) is 10.9. The molecule has 0 aliphatic heterocycles. The summed E-state index contributed by atoms with van der Waals surface area (Å²) in [6.45, 7) is 15.6. The summed E-state index contributed by atoms with van der Waals surface area (Å²) in [5.41, 5.74) is 8.78. The summed E-state index contributed by atoms with van der Waals surface area (Å²) < 4.78 is 11.2. The third-order valence-corrected chi connectivity index (χ3v) is 6.60. The third kappa shape index (κ3) is 6.92. The van der Waals surface area contributed by atoms with Crippen molar-refractivity contribution in [3.8, 4) is 5.75 Å². The lowest BCUT2D eigenvalue weighted by Crippen LogP contribution is -2.51. The average molecular weight is 468 g/mol. The van der Waals surface area contributed by atoms with E-state index in [4.69, 9.17) is 15.2 Å². The quantitative estimate of drug-likeness (QED) is 0.349. The van der Waals surface area contributed by atoms with Gasteiger partial charge in [0.1, 0.15) is 12.4 Å². The van der Waals surface area contributed by atoms with Crippen LogP contribution in [0.4, 0.5) is 0 Å². The number of ether oxygens (including phenoxy) is 2. The van der Waals surface area contributed by atoms with E-state index in [-0.39, 0.29) is 36.3 Å². The van der Waals surface area contributed by atoms with Crippen molar-refractivity contribution in [3.05, 3.63) is 65.2 Å². The molecule has 0 saturated carbocycles. The summed E-state index contributed by atoms with van der Waals surface area (Å²) in [5.74, 6) is 0.231. The first kappa shape index (κ1) is 27.6. The van der Waals surface area contributed by atoms with Crippen LogP contribution in [0.3, 0.4) is 0 Å². The molecule has 0 amide bonds. The molecule has 5 heteroatoms. The van der Waals surface area contributed by atoms with E-state index in [0.717, 1.165) is 16.7 Å². The molecule has 0 radical (unpaired) electrons. The minimum atomic E-state index is -0.583. The normalized spacial score (nSPS) is 13.1. The van der Waals surface area contributed by atoms with E-state index in [9.17, 15) is 9.59 Å².